The van der Waals surface area contributed by atoms with Gasteiger partial charge in [-0.2, -0.15) is 0 Å². The molecule has 2 atom stereocenters. The van der Waals surface area contributed by atoms with E-state index in [-0.39, 0.29) is 36.9 Å². The molecule has 39 heavy (non-hydrogen) atoms. The fourth-order valence-electron chi connectivity index (χ4n) is 4.25. The molecule has 0 bridgehead atoms. The summed E-state index contributed by atoms with van der Waals surface area (Å²) < 4.78 is 97.5. The van der Waals surface area contributed by atoms with Crippen LogP contribution in [0.1, 0.15) is 38.2 Å². The van der Waals surface area contributed by atoms with Crippen LogP contribution in [0, 0.1) is 0 Å². The van der Waals surface area contributed by atoms with Crippen molar-refractivity contribution in [1.82, 2.24) is 15.3 Å². The molecule has 1 fully saturated rings. The Kier molecular flexibility index (Phi) is 9.26. The lowest BCUT2D eigenvalue weighted by molar-refractivity contribution is -0.345. The molecule has 1 N–H and O–H groups in total. The van der Waals surface area contributed by atoms with Crippen molar-refractivity contribution in [3.05, 3.63) is 48.5 Å². The van der Waals surface area contributed by atoms with Crippen molar-refractivity contribution in [2.45, 2.75) is 68.6 Å². The molecule has 2 amide bonds. The summed E-state index contributed by atoms with van der Waals surface area (Å²) in [4.78, 5) is 35.1. The van der Waals surface area contributed by atoms with Crippen molar-refractivity contribution >= 4 is 29.1 Å². The Balaban J connectivity index is 1.95. The predicted octanol–water partition coefficient (Wildman–Crippen LogP) is 5.12. The van der Waals surface area contributed by atoms with E-state index in [1.807, 2.05) is 0 Å². The molecule has 1 heterocycles. The first-order valence-corrected chi connectivity index (χ1v) is 11.8. The van der Waals surface area contributed by atoms with E-state index < -0.39 is 53.6 Å². The lowest BCUT2D eigenvalue weighted by Gasteiger charge is -2.41. The van der Waals surface area contributed by atoms with Gasteiger partial charge in [0, 0.05) is 29.7 Å². The third-order valence-electron chi connectivity index (χ3n) is 6.06. The van der Waals surface area contributed by atoms with E-state index in [4.69, 9.17) is 11.6 Å². The molecule has 0 saturated heterocycles. The van der Waals surface area contributed by atoms with Gasteiger partial charge in [0.05, 0.1) is 6.10 Å². The first kappa shape index (κ1) is 30.3. The summed E-state index contributed by atoms with van der Waals surface area (Å²) in [6.07, 6.45) is -7.27. The van der Waals surface area contributed by atoms with Gasteiger partial charge in [0.1, 0.15) is 12.1 Å². The zero-order chi connectivity index (χ0) is 29.0. The van der Waals surface area contributed by atoms with Crippen LogP contribution in [0.15, 0.2) is 43.0 Å². The fourth-order valence-corrected chi connectivity index (χ4v) is 4.35. The number of carbonyl (C=O) groups is 2. The molecule has 0 radical (unpaired) electrons. The normalized spacial score (nSPS) is 20.4. The van der Waals surface area contributed by atoms with Gasteiger partial charge in [-0.05, 0) is 56.9 Å². The van der Waals surface area contributed by atoms with Gasteiger partial charge in [-0.25, -0.2) is 14.4 Å². The number of rotatable bonds is 8. The van der Waals surface area contributed by atoms with Gasteiger partial charge >= 0.3 is 12.7 Å². The first-order chi connectivity index (χ1) is 18.1. The minimum absolute atomic E-state index is 0.0159. The van der Waals surface area contributed by atoms with E-state index >= 15 is 0 Å². The van der Waals surface area contributed by atoms with Gasteiger partial charge in [-0.15, -0.1) is 26.3 Å². The molecular formula is C23H22ClF7N4O4. The SMILES string of the molecule is CC(C(=O)NC1CCC(OC(F)(F)F)CC1)(c1cncnc1)N(C(=O)[C@H](F)Cl)c1ccc(OC(F)(F)F)cc1. The highest BCUT2D eigenvalue weighted by Crippen LogP contribution is 2.37. The number of alkyl halides is 8. The van der Waals surface area contributed by atoms with Crippen LogP contribution < -0.4 is 15.0 Å². The molecule has 0 aliphatic heterocycles. The minimum atomic E-state index is -5.00. The highest BCUT2D eigenvalue weighted by atomic mass is 35.5. The Morgan fingerprint density at radius 3 is 2.05 bits per heavy atom. The van der Waals surface area contributed by atoms with Crippen LogP contribution in [0.3, 0.4) is 0 Å². The molecule has 1 unspecified atom stereocenters. The second-order valence-electron chi connectivity index (χ2n) is 8.73. The maximum Gasteiger partial charge on any atom is 0.573 e. The standard InChI is InChI=1S/C23H22ClF7N4O4/c1-21(13-10-32-12-33-11-13,20(37)34-14-2-6-16(7-3-14)38-22(26,27)28)35(19(36)18(24)25)15-4-8-17(9-5-15)39-23(29,30)31/h4-5,8-12,14,16,18H,2-3,6-7H2,1H3,(H,34,37)/t14?,16?,18-,21?/m0/s1. The number of halogens is 8. The number of hydrogen-bond donors (Lipinski definition) is 1. The smallest absolute Gasteiger partial charge is 0.406 e. The van der Waals surface area contributed by atoms with E-state index in [0.717, 1.165) is 30.6 Å². The number of benzene rings is 1. The van der Waals surface area contributed by atoms with Gasteiger partial charge in [0.25, 0.3) is 17.4 Å². The summed E-state index contributed by atoms with van der Waals surface area (Å²) in [5.41, 5.74) is -5.01. The highest BCUT2D eigenvalue weighted by Gasteiger charge is 2.48. The first-order valence-electron chi connectivity index (χ1n) is 11.4. The van der Waals surface area contributed by atoms with Crippen LogP contribution in [-0.2, 0) is 19.9 Å². The van der Waals surface area contributed by atoms with Crippen LogP contribution >= 0.6 is 11.6 Å². The number of nitrogens with zero attached hydrogens (tertiary/aromatic N) is 3. The maximum atomic E-state index is 14.2. The topological polar surface area (TPSA) is 93.6 Å². The maximum absolute atomic E-state index is 14.2. The third kappa shape index (κ3) is 7.91. The Hall–Kier alpha value is -3.20. The van der Waals surface area contributed by atoms with Crippen molar-refractivity contribution in [2.24, 2.45) is 0 Å². The number of amides is 2. The van der Waals surface area contributed by atoms with Crippen LogP contribution in [0.5, 0.6) is 5.75 Å². The molecule has 1 aromatic carbocycles. The number of aromatic nitrogens is 2. The van der Waals surface area contributed by atoms with Crippen molar-refractivity contribution in [1.29, 1.82) is 0 Å². The lowest BCUT2D eigenvalue weighted by atomic mass is 9.87. The number of ether oxygens (including phenoxy) is 2. The lowest BCUT2D eigenvalue weighted by Crippen LogP contribution is -2.60. The average molecular weight is 587 g/mol. The molecule has 1 aliphatic carbocycles. The largest absolute Gasteiger partial charge is 0.573 e. The minimum Gasteiger partial charge on any atom is -0.406 e. The highest BCUT2D eigenvalue weighted by molar-refractivity contribution is 6.32. The average Bonchev–Trinajstić information content (AvgIpc) is 2.84. The molecule has 1 saturated carbocycles. The van der Waals surface area contributed by atoms with Crippen LogP contribution in [0.25, 0.3) is 0 Å². The molecule has 3 rings (SSSR count). The van der Waals surface area contributed by atoms with Crippen LogP contribution in [0.4, 0.5) is 36.4 Å². The second kappa shape index (κ2) is 11.9. The molecule has 1 aromatic heterocycles. The van der Waals surface area contributed by atoms with Gasteiger partial charge in [0.2, 0.25) is 0 Å². The Labute approximate surface area is 222 Å². The molecule has 214 valence electrons. The predicted molar refractivity (Wildman–Crippen MR) is 122 cm³/mol. The van der Waals surface area contributed by atoms with E-state index in [1.165, 1.54) is 19.3 Å². The zero-order valence-corrected chi connectivity index (χ0v) is 20.9. The summed E-state index contributed by atoms with van der Waals surface area (Å²) in [5.74, 6) is -2.96. The monoisotopic (exact) mass is 586 g/mol. The van der Waals surface area contributed by atoms with Gasteiger partial charge in [-0.3, -0.25) is 19.2 Å². The van der Waals surface area contributed by atoms with E-state index in [9.17, 15) is 40.3 Å². The second-order valence-corrected chi connectivity index (χ2v) is 9.11. The van der Waals surface area contributed by atoms with Gasteiger partial charge < -0.3 is 10.1 Å². The fraction of sp³-hybridized carbons (Fsp3) is 0.478. The van der Waals surface area contributed by atoms with E-state index in [2.05, 4.69) is 24.8 Å². The quantitative estimate of drug-likeness (QED) is 0.341. The van der Waals surface area contributed by atoms with Crippen LogP contribution in [0.2, 0.25) is 0 Å². The van der Waals surface area contributed by atoms with Crippen molar-refractivity contribution in [3.63, 3.8) is 0 Å². The summed E-state index contributed by atoms with van der Waals surface area (Å²) in [6, 6.07) is 3.06. The summed E-state index contributed by atoms with van der Waals surface area (Å²) in [6.45, 7) is 1.22. The van der Waals surface area contributed by atoms with Crippen molar-refractivity contribution in [2.75, 3.05) is 4.90 Å². The number of carbonyl (C=O) groups excluding carboxylic acids is 2. The van der Waals surface area contributed by atoms with Crippen LogP contribution in [-0.4, -0.2) is 52.3 Å². The van der Waals surface area contributed by atoms with Crippen molar-refractivity contribution in [3.8, 4) is 5.75 Å². The third-order valence-corrected chi connectivity index (χ3v) is 6.24. The van der Waals surface area contributed by atoms with E-state index in [0.29, 0.717) is 4.90 Å². The molecular weight excluding hydrogens is 565 g/mol. The molecule has 0 spiro atoms. The Morgan fingerprint density at radius 2 is 1.56 bits per heavy atom. The summed E-state index contributed by atoms with van der Waals surface area (Å²) in [5, 5.41) is 2.66. The molecule has 1 aliphatic rings. The van der Waals surface area contributed by atoms with Crippen molar-refractivity contribution < 1.29 is 49.8 Å². The van der Waals surface area contributed by atoms with Gasteiger partial charge in [-0.1, -0.05) is 11.6 Å². The number of hydrogen-bond acceptors (Lipinski definition) is 6. The number of anilines is 1. The summed E-state index contributed by atoms with van der Waals surface area (Å²) in [7, 11) is 0. The molecule has 8 nitrogen and oxygen atoms in total. The zero-order valence-electron chi connectivity index (χ0n) is 20.1. The number of nitrogens with one attached hydrogen (secondary N) is 1. The summed E-state index contributed by atoms with van der Waals surface area (Å²) >= 11 is 5.45. The van der Waals surface area contributed by atoms with E-state index in [1.54, 1.807) is 0 Å². The van der Waals surface area contributed by atoms with Gasteiger partial charge in [0.15, 0.2) is 5.54 Å². The molecule has 2 aromatic rings. The Morgan fingerprint density at radius 1 is 1.00 bits per heavy atom. The molecule has 16 heteroatoms. The Bertz CT molecular complexity index is 1130.